The van der Waals surface area contributed by atoms with E-state index in [1.54, 1.807) is 0 Å². The highest BCUT2D eigenvalue weighted by molar-refractivity contribution is 7.17. The summed E-state index contributed by atoms with van der Waals surface area (Å²) >= 11 is 1.95. The molecule has 0 spiro atoms. The van der Waals surface area contributed by atoms with Crippen molar-refractivity contribution in [1.29, 1.82) is 0 Å². The van der Waals surface area contributed by atoms with Crippen LogP contribution < -0.4 is 25.1 Å². The molecule has 3 heterocycles. The number of amidine groups is 1. The zero-order valence-corrected chi connectivity index (χ0v) is 30.6. The molecule has 262 valence electrons. The Morgan fingerprint density at radius 3 is 2.57 bits per heavy atom. The number of aliphatic imine (C=N–C) groups is 1. The third-order valence-corrected chi connectivity index (χ3v) is 13.0. The topological polar surface area (TPSA) is 45.6 Å². The monoisotopic (exact) mass is 717 g/mol. The van der Waals surface area contributed by atoms with E-state index in [2.05, 4.69) is 168 Å². The Balaban J connectivity index is 0.977. The number of benzene rings is 5. The summed E-state index contributed by atoms with van der Waals surface area (Å²) in [4.78, 5) is 5.31. The van der Waals surface area contributed by atoms with Crippen molar-refractivity contribution >= 4 is 45.0 Å². The molecule has 5 atom stereocenters. The van der Waals surface area contributed by atoms with Gasteiger partial charge < -0.3 is 10.1 Å². The molecular weight excluding hydrogens is 679 g/mol. The van der Waals surface area contributed by atoms with Crippen LogP contribution in [0.2, 0.25) is 0 Å². The van der Waals surface area contributed by atoms with Crippen LogP contribution in [0.3, 0.4) is 0 Å². The van der Waals surface area contributed by atoms with Gasteiger partial charge in [-0.15, -0.1) is 11.3 Å². The van der Waals surface area contributed by atoms with E-state index < -0.39 is 0 Å². The number of hydrogen-bond acceptors (Lipinski definition) is 5. The average Bonchev–Trinajstić information content (AvgIpc) is 3.83. The number of nitrogens with zero attached hydrogens (tertiary/aromatic N) is 1. The van der Waals surface area contributed by atoms with Crippen LogP contribution in [0.25, 0.3) is 38.9 Å². The third-order valence-electron chi connectivity index (χ3n) is 11.7. The van der Waals surface area contributed by atoms with Gasteiger partial charge in [-0.05, 0) is 81.6 Å². The fourth-order valence-corrected chi connectivity index (χ4v) is 10.5. The Hall–Kier alpha value is -5.75. The number of rotatable bonds is 5. The first-order valence-electron chi connectivity index (χ1n) is 19.2. The van der Waals surface area contributed by atoms with Gasteiger partial charge in [0.2, 0.25) is 0 Å². The SMILES string of the molecule is C1=CCC(C2=NC(c3cccc(C4=c5sc6c(-c7ccc8c(c7)C7C=Cc9ccccc9C7O8)cccc6c5=CCC4)c3)NC(c3ccccc3)N2)C=C1. The highest BCUT2D eigenvalue weighted by Gasteiger charge is 2.37. The van der Waals surface area contributed by atoms with Crippen molar-refractivity contribution in [3.8, 4) is 16.9 Å². The van der Waals surface area contributed by atoms with Crippen LogP contribution >= 0.6 is 11.3 Å². The van der Waals surface area contributed by atoms with Crippen LogP contribution in [0.15, 0.2) is 151 Å². The summed E-state index contributed by atoms with van der Waals surface area (Å²) in [7, 11) is 0. The Morgan fingerprint density at radius 1 is 0.759 bits per heavy atom. The van der Waals surface area contributed by atoms with Crippen molar-refractivity contribution in [1.82, 2.24) is 10.6 Å². The molecule has 0 amide bonds. The molecule has 0 radical (unpaired) electrons. The number of thiophene rings is 1. The first-order valence-corrected chi connectivity index (χ1v) is 20.0. The highest BCUT2D eigenvalue weighted by atomic mass is 32.1. The molecule has 3 aliphatic carbocycles. The van der Waals surface area contributed by atoms with Crippen molar-refractivity contribution in [2.24, 2.45) is 10.9 Å². The fourth-order valence-electron chi connectivity index (χ4n) is 9.03. The maximum atomic E-state index is 6.58. The molecule has 5 heteroatoms. The maximum Gasteiger partial charge on any atom is 0.135 e. The lowest BCUT2D eigenvalue weighted by atomic mass is 9.83. The smallest absolute Gasteiger partial charge is 0.135 e. The molecule has 54 heavy (non-hydrogen) atoms. The molecule has 11 rings (SSSR count). The van der Waals surface area contributed by atoms with Crippen molar-refractivity contribution < 1.29 is 4.74 Å². The highest BCUT2D eigenvalue weighted by Crippen LogP contribution is 2.51. The minimum atomic E-state index is -0.161. The van der Waals surface area contributed by atoms with Crippen molar-refractivity contribution in [3.63, 3.8) is 0 Å². The molecular formula is C49H39N3OS. The van der Waals surface area contributed by atoms with Gasteiger partial charge in [-0.25, -0.2) is 4.99 Å². The van der Waals surface area contributed by atoms with E-state index >= 15 is 0 Å². The summed E-state index contributed by atoms with van der Waals surface area (Å²) in [5.74, 6) is 2.50. The predicted molar refractivity (Wildman–Crippen MR) is 223 cm³/mol. The molecule has 5 unspecified atom stereocenters. The van der Waals surface area contributed by atoms with E-state index in [9.17, 15) is 0 Å². The van der Waals surface area contributed by atoms with Crippen LogP contribution in [0.4, 0.5) is 0 Å². The first-order chi connectivity index (χ1) is 26.7. The van der Waals surface area contributed by atoms with Gasteiger partial charge in [0.05, 0.1) is 0 Å². The van der Waals surface area contributed by atoms with Crippen LogP contribution in [0, 0.1) is 5.92 Å². The molecule has 0 saturated carbocycles. The average molecular weight is 718 g/mol. The fraction of sp³-hybridized carbons (Fsp3) is 0.163. The van der Waals surface area contributed by atoms with Crippen molar-refractivity contribution in [3.05, 3.63) is 189 Å². The van der Waals surface area contributed by atoms with E-state index in [0.717, 1.165) is 30.8 Å². The standard InChI is InChI=1S/C49H39N3OS/c1-3-13-31(14-4-1)47-50-48(32-15-5-2-6-16-32)52-49(51-47)35-18-9-17-33(28-35)37-20-10-22-40-41-23-11-21-38(46(41)54-45(37)40)34-25-27-43-42(29-34)39-26-24-30-12-7-8-19-36(30)44(39)53-43/h1-9,11-15,17-19,21-29,32,39,44,47,49,51H,10,16,20H2,(H,50,52). The second kappa shape index (κ2) is 13.0. The summed E-state index contributed by atoms with van der Waals surface area (Å²) in [6, 6.07) is 42.0. The predicted octanol–water partition coefficient (Wildman–Crippen LogP) is 10.0. The number of allylic oxidation sites excluding steroid dienone is 3. The molecule has 1 aromatic heterocycles. The zero-order chi connectivity index (χ0) is 35.6. The number of fused-ring (bicyclic) bond motifs is 8. The molecule has 6 aromatic rings. The first kappa shape index (κ1) is 31.7. The molecule has 5 aliphatic rings. The van der Waals surface area contributed by atoms with E-state index in [-0.39, 0.29) is 30.3 Å². The van der Waals surface area contributed by atoms with Gasteiger partial charge in [-0.3, -0.25) is 5.32 Å². The minimum absolute atomic E-state index is 0.0298. The lowest BCUT2D eigenvalue weighted by Gasteiger charge is -2.34. The van der Waals surface area contributed by atoms with Crippen LogP contribution in [-0.4, -0.2) is 5.84 Å². The summed E-state index contributed by atoms with van der Waals surface area (Å²) in [5.41, 5.74) is 11.5. The molecule has 4 nitrogen and oxygen atoms in total. The van der Waals surface area contributed by atoms with E-state index in [4.69, 9.17) is 9.73 Å². The third kappa shape index (κ3) is 5.33. The van der Waals surface area contributed by atoms with Crippen LogP contribution in [0.1, 0.15) is 77.0 Å². The normalized spacial score (nSPS) is 23.4. The molecule has 0 bridgehead atoms. The van der Waals surface area contributed by atoms with Crippen LogP contribution in [0.5, 0.6) is 5.75 Å². The summed E-state index contributed by atoms with van der Waals surface area (Å²) < 4.78 is 9.33. The minimum Gasteiger partial charge on any atom is -0.484 e. The number of ether oxygens (including phenoxy) is 1. The van der Waals surface area contributed by atoms with Gasteiger partial charge in [0.25, 0.3) is 0 Å². The number of nitrogens with one attached hydrogen (secondary N) is 2. The Bertz CT molecular complexity index is 2720. The Labute approximate surface area is 319 Å². The van der Waals surface area contributed by atoms with Crippen LogP contribution in [-0.2, 0) is 0 Å². The summed E-state index contributed by atoms with van der Waals surface area (Å²) in [6.45, 7) is 0. The molecule has 5 aromatic carbocycles. The molecule has 0 saturated heterocycles. The summed E-state index contributed by atoms with van der Waals surface area (Å²) in [5, 5.41) is 10.3. The van der Waals surface area contributed by atoms with Gasteiger partial charge in [0.1, 0.15) is 30.0 Å². The quantitative estimate of drug-likeness (QED) is 0.187. The molecule has 2 N–H and O–H groups in total. The van der Waals surface area contributed by atoms with Gasteiger partial charge in [0, 0.05) is 37.6 Å². The van der Waals surface area contributed by atoms with Gasteiger partial charge in [0.15, 0.2) is 0 Å². The van der Waals surface area contributed by atoms with E-state index in [1.807, 2.05) is 11.3 Å². The second-order valence-corrected chi connectivity index (χ2v) is 15.9. The zero-order valence-electron chi connectivity index (χ0n) is 29.8. The number of hydrogen-bond donors (Lipinski definition) is 2. The second-order valence-electron chi connectivity index (χ2n) is 14.9. The van der Waals surface area contributed by atoms with Gasteiger partial charge >= 0.3 is 0 Å². The van der Waals surface area contributed by atoms with Crippen molar-refractivity contribution in [2.45, 2.75) is 43.6 Å². The Morgan fingerprint density at radius 2 is 1.65 bits per heavy atom. The molecule has 2 aliphatic heterocycles. The van der Waals surface area contributed by atoms with E-state index in [0.29, 0.717) is 0 Å². The van der Waals surface area contributed by atoms with Gasteiger partial charge in [-0.1, -0.05) is 140 Å². The largest absolute Gasteiger partial charge is 0.484 e. The van der Waals surface area contributed by atoms with Crippen molar-refractivity contribution in [2.75, 3.05) is 0 Å². The van der Waals surface area contributed by atoms with E-state index in [1.165, 1.54) is 69.9 Å². The lowest BCUT2D eigenvalue weighted by Crippen LogP contribution is -2.47. The summed E-state index contributed by atoms with van der Waals surface area (Å²) in [6.07, 6.45) is 18.6. The Kier molecular flexibility index (Phi) is 7.63. The maximum absolute atomic E-state index is 6.58. The van der Waals surface area contributed by atoms with Gasteiger partial charge in [-0.2, -0.15) is 0 Å². The molecule has 0 fully saturated rings. The lowest BCUT2D eigenvalue weighted by molar-refractivity contribution is 0.223.